The molecular formula is C16H20N6O2. The first-order valence-corrected chi connectivity index (χ1v) is 7.75. The highest BCUT2D eigenvalue weighted by molar-refractivity contribution is 5.99. The first-order valence-electron chi connectivity index (χ1n) is 7.75. The molecule has 0 saturated carbocycles. The van der Waals surface area contributed by atoms with E-state index in [1.165, 1.54) is 11.1 Å². The van der Waals surface area contributed by atoms with Crippen LogP contribution in [0.4, 0.5) is 0 Å². The molecule has 8 nitrogen and oxygen atoms in total. The molecule has 0 N–H and O–H groups in total. The van der Waals surface area contributed by atoms with Gasteiger partial charge in [-0.05, 0) is 12.8 Å². The minimum absolute atomic E-state index is 0.169. The Balaban J connectivity index is 2.10. The summed E-state index contributed by atoms with van der Waals surface area (Å²) >= 11 is 0. The van der Waals surface area contributed by atoms with Gasteiger partial charge in [-0.2, -0.15) is 5.10 Å². The van der Waals surface area contributed by atoms with E-state index in [1.54, 1.807) is 55.5 Å². The highest BCUT2D eigenvalue weighted by Crippen LogP contribution is 2.40. The number of hydrogen-bond acceptors (Lipinski definition) is 5. The average molecular weight is 328 g/mol. The van der Waals surface area contributed by atoms with Crippen LogP contribution in [0.5, 0.6) is 0 Å². The van der Waals surface area contributed by atoms with E-state index in [1.807, 2.05) is 0 Å². The van der Waals surface area contributed by atoms with E-state index in [-0.39, 0.29) is 11.8 Å². The van der Waals surface area contributed by atoms with Gasteiger partial charge in [0.15, 0.2) is 5.54 Å². The van der Waals surface area contributed by atoms with E-state index in [4.69, 9.17) is 0 Å². The zero-order valence-corrected chi connectivity index (χ0v) is 14.0. The number of aryl methyl sites for hydroxylation is 1. The molecule has 126 valence electrons. The van der Waals surface area contributed by atoms with E-state index in [0.717, 1.165) is 6.42 Å². The Bertz CT molecular complexity index is 757. The zero-order valence-electron chi connectivity index (χ0n) is 14.0. The van der Waals surface area contributed by atoms with E-state index >= 15 is 0 Å². The third-order valence-electron chi connectivity index (χ3n) is 4.32. The molecule has 3 heterocycles. The number of amides is 2. The van der Waals surface area contributed by atoms with Crippen molar-refractivity contribution in [1.29, 1.82) is 0 Å². The third-order valence-corrected chi connectivity index (χ3v) is 4.32. The first kappa shape index (κ1) is 16.1. The van der Waals surface area contributed by atoms with Crippen LogP contribution in [0.15, 0.2) is 31.0 Å². The van der Waals surface area contributed by atoms with E-state index < -0.39 is 5.54 Å². The minimum Gasteiger partial charge on any atom is -0.346 e. The quantitative estimate of drug-likeness (QED) is 0.816. The van der Waals surface area contributed by atoms with E-state index in [9.17, 15) is 9.59 Å². The highest BCUT2D eigenvalue weighted by Gasteiger charge is 2.53. The maximum Gasteiger partial charge on any atom is 0.258 e. The van der Waals surface area contributed by atoms with Crippen LogP contribution in [0.2, 0.25) is 0 Å². The van der Waals surface area contributed by atoms with Gasteiger partial charge in [-0.15, -0.1) is 0 Å². The maximum atomic E-state index is 13.1. The number of rotatable bonds is 3. The molecule has 0 bridgehead atoms. The summed E-state index contributed by atoms with van der Waals surface area (Å²) in [5, 5.41) is 4.06. The van der Waals surface area contributed by atoms with Crippen LogP contribution in [0, 0.1) is 0 Å². The number of nitrogens with zero attached hydrogens (tertiary/aromatic N) is 6. The Kier molecular flexibility index (Phi) is 4.04. The Morgan fingerprint density at radius 2 is 2.04 bits per heavy atom. The molecule has 0 aromatic carbocycles. The van der Waals surface area contributed by atoms with Gasteiger partial charge in [-0.1, -0.05) is 0 Å². The molecule has 2 amide bonds. The zero-order chi connectivity index (χ0) is 17.3. The van der Waals surface area contributed by atoms with Crippen molar-refractivity contribution in [3.05, 3.63) is 42.2 Å². The topological polar surface area (TPSA) is 84.2 Å². The molecule has 2 aromatic rings. The molecule has 2 aromatic heterocycles. The fourth-order valence-corrected chi connectivity index (χ4v) is 3.26. The van der Waals surface area contributed by atoms with Gasteiger partial charge in [0.1, 0.15) is 0 Å². The van der Waals surface area contributed by atoms with Crippen molar-refractivity contribution < 1.29 is 9.59 Å². The smallest absolute Gasteiger partial charge is 0.258 e. The largest absolute Gasteiger partial charge is 0.346 e. The number of aromatic nitrogens is 4. The van der Waals surface area contributed by atoms with Gasteiger partial charge in [-0.3, -0.25) is 24.2 Å². The minimum atomic E-state index is -1.12. The highest BCUT2D eigenvalue weighted by atomic mass is 16.2. The number of carbonyl (C=O) groups is 2. The summed E-state index contributed by atoms with van der Waals surface area (Å²) in [5.41, 5.74) is -0.164. The molecule has 1 fully saturated rings. The lowest BCUT2D eigenvalue weighted by Crippen LogP contribution is -2.55. The molecule has 0 aliphatic carbocycles. The summed E-state index contributed by atoms with van der Waals surface area (Å²) in [6, 6.07) is 0. The van der Waals surface area contributed by atoms with Crippen molar-refractivity contribution in [2.75, 3.05) is 20.6 Å². The predicted octanol–water partition coefficient (Wildman–Crippen LogP) is 0.430. The summed E-state index contributed by atoms with van der Waals surface area (Å²) in [7, 11) is 5.12. The Hall–Kier alpha value is -2.77. The molecule has 1 saturated heterocycles. The lowest BCUT2D eigenvalue weighted by atomic mass is 9.90. The lowest BCUT2D eigenvalue weighted by molar-refractivity contribution is -0.140. The number of likely N-dealkylation sites (N-methyl/N-ethyl adjacent to an activating group) is 1. The van der Waals surface area contributed by atoms with Crippen molar-refractivity contribution in [1.82, 2.24) is 29.5 Å². The lowest BCUT2D eigenvalue weighted by Gasteiger charge is -2.38. The normalized spacial score (nSPS) is 20.2. The standard InChI is InChI=1S/C16H20N6O2/c1-20(2)15(24)16(13-10-17-6-7-18-13)5-4-8-22(16)14(23)12-9-19-21(3)11-12/h6-7,9-11H,4-5,8H2,1-3H3. The van der Waals surface area contributed by atoms with Gasteiger partial charge in [0.2, 0.25) is 0 Å². The summed E-state index contributed by atoms with van der Waals surface area (Å²) < 4.78 is 1.57. The van der Waals surface area contributed by atoms with Crippen molar-refractivity contribution in [2.24, 2.45) is 7.05 Å². The van der Waals surface area contributed by atoms with Crippen molar-refractivity contribution in [2.45, 2.75) is 18.4 Å². The van der Waals surface area contributed by atoms with E-state index in [0.29, 0.717) is 24.2 Å². The molecule has 0 spiro atoms. The van der Waals surface area contributed by atoms with E-state index in [2.05, 4.69) is 15.1 Å². The van der Waals surface area contributed by atoms with Gasteiger partial charge in [-0.25, -0.2) is 0 Å². The second-order valence-electron chi connectivity index (χ2n) is 6.11. The second kappa shape index (κ2) is 6.03. The molecule has 3 rings (SSSR count). The van der Waals surface area contributed by atoms with Crippen molar-refractivity contribution in [3.63, 3.8) is 0 Å². The Morgan fingerprint density at radius 3 is 2.62 bits per heavy atom. The summed E-state index contributed by atoms with van der Waals surface area (Å²) in [6.07, 6.45) is 9.09. The van der Waals surface area contributed by atoms with Crippen LogP contribution in [0.25, 0.3) is 0 Å². The van der Waals surface area contributed by atoms with Gasteiger partial charge in [0.25, 0.3) is 11.8 Å². The third kappa shape index (κ3) is 2.44. The summed E-state index contributed by atoms with van der Waals surface area (Å²) in [5.74, 6) is -0.390. The fraction of sp³-hybridized carbons (Fsp3) is 0.438. The molecular weight excluding hydrogens is 308 g/mol. The second-order valence-corrected chi connectivity index (χ2v) is 6.11. The van der Waals surface area contributed by atoms with Crippen LogP contribution in [0.3, 0.4) is 0 Å². The summed E-state index contributed by atoms with van der Waals surface area (Å²) in [6.45, 7) is 0.490. The molecule has 1 aliphatic rings. The molecule has 8 heteroatoms. The molecule has 0 radical (unpaired) electrons. The van der Waals surface area contributed by atoms with Gasteiger partial charge in [0.05, 0.1) is 23.7 Å². The maximum absolute atomic E-state index is 13.1. The fourth-order valence-electron chi connectivity index (χ4n) is 3.26. The average Bonchev–Trinajstić information content (AvgIpc) is 3.21. The Morgan fingerprint density at radius 1 is 1.25 bits per heavy atom. The predicted molar refractivity (Wildman–Crippen MR) is 85.9 cm³/mol. The van der Waals surface area contributed by atoms with Gasteiger partial charge < -0.3 is 9.80 Å². The Labute approximate surface area is 140 Å². The molecule has 1 atom stereocenters. The monoisotopic (exact) mass is 328 g/mol. The van der Waals surface area contributed by atoms with Crippen LogP contribution in [-0.4, -0.2) is 62.0 Å². The van der Waals surface area contributed by atoms with Gasteiger partial charge >= 0.3 is 0 Å². The number of likely N-dealkylation sites (tertiary alicyclic amines) is 1. The van der Waals surface area contributed by atoms with Crippen LogP contribution in [0.1, 0.15) is 28.9 Å². The molecule has 1 aliphatic heterocycles. The number of hydrogen-bond donors (Lipinski definition) is 0. The van der Waals surface area contributed by atoms with Crippen LogP contribution >= 0.6 is 0 Å². The molecule has 24 heavy (non-hydrogen) atoms. The van der Waals surface area contributed by atoms with Crippen LogP contribution < -0.4 is 0 Å². The first-order chi connectivity index (χ1) is 11.5. The van der Waals surface area contributed by atoms with Crippen LogP contribution in [-0.2, 0) is 17.4 Å². The van der Waals surface area contributed by atoms with Crippen molar-refractivity contribution >= 4 is 11.8 Å². The van der Waals surface area contributed by atoms with Crippen molar-refractivity contribution in [3.8, 4) is 0 Å². The SMILES string of the molecule is CN(C)C(=O)C1(c2cnccn2)CCCN1C(=O)c1cnn(C)c1. The molecule has 1 unspecified atom stereocenters. The number of carbonyl (C=O) groups excluding carboxylic acids is 2. The summed E-state index contributed by atoms with van der Waals surface area (Å²) in [4.78, 5) is 37.6. The van der Waals surface area contributed by atoms with Gasteiger partial charge in [0, 0.05) is 46.3 Å².